The van der Waals surface area contributed by atoms with E-state index in [1.54, 1.807) is 19.3 Å². The molecule has 2 aromatic carbocycles. The molecular formula is C26H27Cl2N5O3. The first-order valence-corrected chi connectivity index (χ1v) is 12.3. The van der Waals surface area contributed by atoms with Gasteiger partial charge in [0.1, 0.15) is 23.8 Å². The van der Waals surface area contributed by atoms with Crippen molar-refractivity contribution in [3.05, 3.63) is 69.1 Å². The molecule has 4 rings (SSSR count). The van der Waals surface area contributed by atoms with Crippen molar-refractivity contribution in [2.24, 2.45) is 7.05 Å². The lowest BCUT2D eigenvalue weighted by molar-refractivity contribution is 0.223. The summed E-state index contributed by atoms with van der Waals surface area (Å²) in [6.07, 6.45) is 1.63. The number of ether oxygens (including phenoxy) is 1. The molecule has 0 saturated carbocycles. The van der Waals surface area contributed by atoms with Crippen LogP contribution in [0.5, 0.6) is 11.5 Å². The zero-order valence-corrected chi connectivity index (χ0v) is 21.8. The molecule has 0 unspecified atom stereocenters. The minimum absolute atomic E-state index is 0.0790. The van der Waals surface area contributed by atoms with Gasteiger partial charge in [-0.2, -0.15) is 4.98 Å². The van der Waals surface area contributed by atoms with Crippen LogP contribution in [0.2, 0.25) is 10.0 Å². The number of anilines is 2. The Kier molecular flexibility index (Phi) is 7.98. The highest BCUT2D eigenvalue weighted by atomic mass is 35.5. The molecule has 188 valence electrons. The molecule has 4 aromatic rings. The van der Waals surface area contributed by atoms with Gasteiger partial charge in [0.25, 0.3) is 5.56 Å². The highest BCUT2D eigenvalue weighted by molar-refractivity contribution is 6.39. The van der Waals surface area contributed by atoms with Gasteiger partial charge in [0, 0.05) is 36.4 Å². The van der Waals surface area contributed by atoms with Gasteiger partial charge in [-0.15, -0.1) is 0 Å². The molecule has 0 saturated heterocycles. The monoisotopic (exact) mass is 527 g/mol. The zero-order valence-electron chi connectivity index (χ0n) is 20.3. The molecule has 2 heterocycles. The van der Waals surface area contributed by atoms with E-state index in [-0.39, 0.29) is 21.4 Å². The highest BCUT2D eigenvalue weighted by Crippen LogP contribution is 2.37. The largest absolute Gasteiger partial charge is 0.508 e. The van der Waals surface area contributed by atoms with Crippen LogP contribution in [0.4, 0.5) is 11.6 Å². The molecule has 0 fully saturated rings. The maximum atomic E-state index is 13.1. The maximum Gasteiger partial charge on any atom is 0.259 e. The summed E-state index contributed by atoms with van der Waals surface area (Å²) in [5.74, 6) is 1.06. The van der Waals surface area contributed by atoms with Crippen molar-refractivity contribution in [3.8, 4) is 22.6 Å². The Morgan fingerprint density at radius 2 is 1.75 bits per heavy atom. The van der Waals surface area contributed by atoms with Gasteiger partial charge >= 0.3 is 0 Å². The van der Waals surface area contributed by atoms with Gasteiger partial charge in [0.2, 0.25) is 5.95 Å². The van der Waals surface area contributed by atoms with Crippen LogP contribution in [0, 0.1) is 0 Å². The van der Waals surface area contributed by atoms with E-state index in [9.17, 15) is 9.90 Å². The fraction of sp³-hybridized carbons (Fsp3) is 0.269. The fourth-order valence-electron chi connectivity index (χ4n) is 3.90. The Labute approximate surface area is 219 Å². The van der Waals surface area contributed by atoms with Crippen LogP contribution in [-0.4, -0.2) is 50.8 Å². The summed E-state index contributed by atoms with van der Waals surface area (Å²) in [5.41, 5.74) is 1.55. The van der Waals surface area contributed by atoms with Gasteiger partial charge in [0.05, 0.1) is 15.6 Å². The summed E-state index contributed by atoms with van der Waals surface area (Å²) in [4.78, 5) is 24.4. The van der Waals surface area contributed by atoms with Crippen molar-refractivity contribution >= 4 is 45.9 Å². The average Bonchev–Trinajstić information content (AvgIpc) is 2.85. The number of aromatic nitrogens is 3. The lowest BCUT2D eigenvalue weighted by Crippen LogP contribution is -2.27. The number of phenols is 1. The lowest BCUT2D eigenvalue weighted by Gasteiger charge is -2.18. The van der Waals surface area contributed by atoms with Crippen LogP contribution in [-0.2, 0) is 7.05 Å². The Morgan fingerprint density at radius 1 is 1.08 bits per heavy atom. The molecule has 10 heteroatoms. The number of aromatic hydroxyl groups is 1. The van der Waals surface area contributed by atoms with E-state index in [2.05, 4.69) is 34.0 Å². The van der Waals surface area contributed by atoms with Crippen molar-refractivity contribution in [2.45, 2.75) is 13.8 Å². The van der Waals surface area contributed by atoms with Gasteiger partial charge < -0.3 is 20.1 Å². The molecule has 0 aliphatic rings. The number of halogens is 2. The van der Waals surface area contributed by atoms with Crippen molar-refractivity contribution in [3.63, 3.8) is 0 Å². The second-order valence-electron chi connectivity index (χ2n) is 8.20. The highest BCUT2D eigenvalue weighted by Gasteiger charge is 2.17. The first-order valence-electron chi connectivity index (χ1n) is 11.6. The van der Waals surface area contributed by atoms with E-state index >= 15 is 0 Å². The smallest absolute Gasteiger partial charge is 0.259 e. The zero-order chi connectivity index (χ0) is 25.8. The summed E-state index contributed by atoms with van der Waals surface area (Å²) < 4.78 is 7.25. The third-order valence-corrected chi connectivity index (χ3v) is 6.52. The number of benzene rings is 2. The number of aryl methyl sites for hydroxylation is 1. The van der Waals surface area contributed by atoms with Crippen molar-refractivity contribution in [1.82, 2.24) is 19.4 Å². The summed E-state index contributed by atoms with van der Waals surface area (Å²) in [6, 6.07) is 11.9. The number of nitrogens with zero attached hydrogens (tertiary/aromatic N) is 4. The van der Waals surface area contributed by atoms with E-state index < -0.39 is 0 Å². The molecule has 0 radical (unpaired) electrons. The number of pyridine rings is 1. The molecule has 2 N–H and O–H groups in total. The van der Waals surface area contributed by atoms with Gasteiger partial charge in [-0.05, 0) is 55.6 Å². The summed E-state index contributed by atoms with van der Waals surface area (Å²) >= 11 is 12.6. The van der Waals surface area contributed by atoms with E-state index in [0.29, 0.717) is 34.7 Å². The Hall–Kier alpha value is -3.33. The number of nitrogens with one attached hydrogen (secondary N) is 1. The normalized spacial score (nSPS) is 11.3. The first-order chi connectivity index (χ1) is 17.3. The average molecular weight is 528 g/mol. The van der Waals surface area contributed by atoms with E-state index in [1.807, 2.05) is 24.3 Å². The van der Waals surface area contributed by atoms with E-state index in [4.69, 9.17) is 27.9 Å². The van der Waals surface area contributed by atoms with Crippen molar-refractivity contribution < 1.29 is 9.84 Å². The van der Waals surface area contributed by atoms with Crippen LogP contribution in [0.3, 0.4) is 0 Å². The molecule has 36 heavy (non-hydrogen) atoms. The van der Waals surface area contributed by atoms with Crippen molar-refractivity contribution in [2.75, 3.05) is 31.6 Å². The van der Waals surface area contributed by atoms with Gasteiger partial charge in [-0.3, -0.25) is 9.36 Å². The Morgan fingerprint density at radius 3 is 2.39 bits per heavy atom. The second-order valence-corrected chi connectivity index (χ2v) is 9.02. The number of hydrogen-bond acceptors (Lipinski definition) is 7. The predicted octanol–water partition coefficient (Wildman–Crippen LogP) is 5.47. The third-order valence-electron chi connectivity index (χ3n) is 5.93. The number of rotatable bonds is 9. The van der Waals surface area contributed by atoms with Crippen LogP contribution in [0.1, 0.15) is 13.8 Å². The van der Waals surface area contributed by atoms with E-state index in [0.717, 1.165) is 31.1 Å². The maximum absolute atomic E-state index is 13.1. The summed E-state index contributed by atoms with van der Waals surface area (Å²) in [7, 11) is 1.62. The Balaban J connectivity index is 1.55. The molecule has 0 amide bonds. The minimum Gasteiger partial charge on any atom is -0.508 e. The number of hydrogen-bond donors (Lipinski definition) is 2. The molecular weight excluding hydrogens is 501 g/mol. The molecule has 0 atom stereocenters. The quantitative estimate of drug-likeness (QED) is 0.298. The Bertz CT molecular complexity index is 1410. The minimum atomic E-state index is -0.326. The van der Waals surface area contributed by atoms with Crippen LogP contribution < -0.4 is 15.6 Å². The van der Waals surface area contributed by atoms with E-state index in [1.165, 1.54) is 16.7 Å². The molecule has 0 bridgehead atoms. The van der Waals surface area contributed by atoms with Crippen LogP contribution in [0.25, 0.3) is 22.2 Å². The van der Waals surface area contributed by atoms with Crippen LogP contribution in [0.15, 0.2) is 53.5 Å². The molecule has 0 aliphatic carbocycles. The SMILES string of the molecule is CCN(CC)CCOc1ccc(Nc2ncc3cc(-c4c(Cl)cc(O)cc4Cl)c(=O)n(C)c3n2)cc1. The standard InChI is InChI=1S/C26H27Cl2N5O3/c1-4-33(5-2)10-11-36-19-8-6-17(7-9-19)30-26-29-15-16-12-20(25(35)32(3)24(16)31-26)23-21(27)13-18(34)14-22(23)28/h6-9,12-15,34H,4-5,10-11H2,1-3H3,(H,29,30,31). The fourth-order valence-corrected chi connectivity index (χ4v) is 4.58. The number of fused-ring (bicyclic) bond motifs is 1. The van der Waals surface area contributed by atoms with Gasteiger partial charge in [-0.25, -0.2) is 4.98 Å². The lowest BCUT2D eigenvalue weighted by atomic mass is 10.1. The third kappa shape index (κ3) is 5.56. The summed E-state index contributed by atoms with van der Waals surface area (Å²) in [5, 5.41) is 13.9. The van der Waals surface area contributed by atoms with Gasteiger partial charge in [-0.1, -0.05) is 37.0 Å². The predicted molar refractivity (Wildman–Crippen MR) is 145 cm³/mol. The summed E-state index contributed by atoms with van der Waals surface area (Å²) in [6.45, 7) is 7.77. The van der Waals surface area contributed by atoms with Crippen LogP contribution >= 0.6 is 23.2 Å². The molecule has 2 aromatic heterocycles. The topological polar surface area (TPSA) is 92.5 Å². The molecule has 0 aliphatic heterocycles. The van der Waals surface area contributed by atoms with Gasteiger partial charge in [0.15, 0.2) is 0 Å². The first kappa shape index (κ1) is 25.8. The number of likely N-dealkylation sites (N-methyl/N-ethyl adjacent to an activating group) is 1. The van der Waals surface area contributed by atoms with Crippen molar-refractivity contribution in [1.29, 1.82) is 0 Å². The molecule has 8 nitrogen and oxygen atoms in total. The molecule has 0 spiro atoms. The second kappa shape index (κ2) is 11.2. The number of phenolic OH excluding ortho intramolecular Hbond substituents is 1.